The largest absolute Gasteiger partial charge is 0.476 e. The lowest BCUT2D eigenvalue weighted by molar-refractivity contribution is 0.0240. The van der Waals surface area contributed by atoms with Crippen molar-refractivity contribution in [2.75, 3.05) is 31.1 Å². The lowest BCUT2D eigenvalue weighted by Gasteiger charge is -2.36. The molecule has 1 saturated heterocycles. The number of anilines is 1. The summed E-state index contributed by atoms with van der Waals surface area (Å²) in [4.78, 5) is 26.5. The highest BCUT2D eigenvalue weighted by Crippen LogP contribution is 2.17. The van der Waals surface area contributed by atoms with Crippen LogP contribution in [0, 0.1) is 0 Å². The topological polar surface area (TPSA) is 95.9 Å². The fourth-order valence-electron chi connectivity index (χ4n) is 2.11. The van der Waals surface area contributed by atoms with Crippen molar-refractivity contribution in [1.82, 2.24) is 15.1 Å². The summed E-state index contributed by atoms with van der Waals surface area (Å²) < 4.78 is 5.34. The summed E-state index contributed by atoms with van der Waals surface area (Å²) in [6, 6.07) is 1.48. The second-order valence-corrected chi connectivity index (χ2v) is 6.06. The number of carboxylic acid groups (broad SMARTS) is 1. The minimum atomic E-state index is -1.11. The maximum Gasteiger partial charge on any atom is 0.410 e. The summed E-state index contributed by atoms with van der Waals surface area (Å²) in [5.41, 5.74) is 0.0860. The molecule has 2 heterocycles. The standard InChI is InChI=1S/C14H20N4O4/c1-14(2,3)22-13(21)18-6-4-17(5-7-18)10-8-11(12(19)20)16-15-9-10/h8-9H,4-7H2,1-3H3,(H,19,20). The summed E-state index contributed by atoms with van der Waals surface area (Å²) in [7, 11) is 0. The van der Waals surface area contributed by atoms with Gasteiger partial charge in [0.05, 0.1) is 11.9 Å². The van der Waals surface area contributed by atoms with E-state index in [-0.39, 0.29) is 11.8 Å². The van der Waals surface area contributed by atoms with Gasteiger partial charge in [-0.1, -0.05) is 0 Å². The van der Waals surface area contributed by atoms with E-state index >= 15 is 0 Å². The quantitative estimate of drug-likeness (QED) is 0.877. The summed E-state index contributed by atoms with van der Waals surface area (Å²) in [6.07, 6.45) is 1.20. The van der Waals surface area contributed by atoms with Gasteiger partial charge in [0, 0.05) is 26.2 Å². The number of amides is 1. The number of rotatable bonds is 2. The average molecular weight is 308 g/mol. The number of piperazine rings is 1. The van der Waals surface area contributed by atoms with Crippen LogP contribution in [0.4, 0.5) is 10.5 Å². The molecular weight excluding hydrogens is 288 g/mol. The van der Waals surface area contributed by atoms with Crippen molar-refractivity contribution in [3.8, 4) is 0 Å². The highest BCUT2D eigenvalue weighted by molar-refractivity contribution is 5.86. The number of carbonyl (C=O) groups is 2. The third kappa shape index (κ3) is 4.06. The molecule has 8 heteroatoms. The number of hydrogen-bond acceptors (Lipinski definition) is 6. The van der Waals surface area contributed by atoms with Gasteiger partial charge >= 0.3 is 12.1 Å². The van der Waals surface area contributed by atoms with Crippen molar-refractivity contribution >= 4 is 17.7 Å². The second-order valence-electron chi connectivity index (χ2n) is 6.06. The van der Waals surface area contributed by atoms with Gasteiger partial charge < -0.3 is 19.6 Å². The van der Waals surface area contributed by atoms with E-state index in [2.05, 4.69) is 10.2 Å². The molecule has 1 amide bonds. The third-order valence-corrected chi connectivity index (χ3v) is 3.16. The van der Waals surface area contributed by atoms with Gasteiger partial charge in [-0.15, -0.1) is 5.10 Å². The van der Waals surface area contributed by atoms with E-state index < -0.39 is 11.6 Å². The number of carboxylic acids is 1. The molecule has 22 heavy (non-hydrogen) atoms. The van der Waals surface area contributed by atoms with Crippen LogP contribution in [0.5, 0.6) is 0 Å². The maximum atomic E-state index is 12.0. The van der Waals surface area contributed by atoms with E-state index in [1.54, 1.807) is 4.90 Å². The first-order valence-corrected chi connectivity index (χ1v) is 7.05. The zero-order valence-electron chi connectivity index (χ0n) is 12.9. The number of aromatic carboxylic acids is 1. The van der Waals surface area contributed by atoms with E-state index in [1.807, 2.05) is 25.7 Å². The smallest absolute Gasteiger partial charge is 0.410 e. The van der Waals surface area contributed by atoms with Gasteiger partial charge in [-0.2, -0.15) is 5.10 Å². The predicted octanol–water partition coefficient (Wildman–Crippen LogP) is 1.23. The lowest BCUT2D eigenvalue weighted by Crippen LogP contribution is -2.50. The van der Waals surface area contributed by atoms with Crippen molar-refractivity contribution < 1.29 is 19.4 Å². The molecule has 1 aliphatic rings. The van der Waals surface area contributed by atoms with Crippen molar-refractivity contribution in [2.45, 2.75) is 26.4 Å². The van der Waals surface area contributed by atoms with Crippen LogP contribution in [0.15, 0.2) is 12.3 Å². The molecule has 120 valence electrons. The highest BCUT2D eigenvalue weighted by Gasteiger charge is 2.26. The van der Waals surface area contributed by atoms with Gasteiger partial charge in [-0.25, -0.2) is 9.59 Å². The van der Waals surface area contributed by atoms with Crippen LogP contribution in [-0.2, 0) is 4.74 Å². The molecule has 0 radical (unpaired) electrons. The Balaban J connectivity index is 1.96. The molecule has 0 aromatic carbocycles. The molecule has 1 aliphatic heterocycles. The van der Waals surface area contributed by atoms with Crippen molar-refractivity contribution in [1.29, 1.82) is 0 Å². The van der Waals surface area contributed by atoms with Crippen molar-refractivity contribution in [3.05, 3.63) is 18.0 Å². The minimum absolute atomic E-state index is 0.0907. The van der Waals surface area contributed by atoms with Crippen LogP contribution in [0.3, 0.4) is 0 Å². The van der Waals surface area contributed by atoms with Gasteiger partial charge in [0.15, 0.2) is 5.69 Å². The molecule has 0 aliphatic carbocycles. The van der Waals surface area contributed by atoms with Gasteiger partial charge in [0.25, 0.3) is 0 Å². The van der Waals surface area contributed by atoms with E-state index in [0.717, 1.165) is 0 Å². The Labute approximate surface area is 128 Å². The fraction of sp³-hybridized carbons (Fsp3) is 0.571. The van der Waals surface area contributed by atoms with E-state index in [0.29, 0.717) is 31.9 Å². The maximum absolute atomic E-state index is 12.0. The molecule has 2 rings (SSSR count). The molecule has 0 atom stereocenters. The van der Waals surface area contributed by atoms with Gasteiger partial charge in [-0.05, 0) is 26.8 Å². The van der Waals surface area contributed by atoms with Crippen LogP contribution >= 0.6 is 0 Å². The highest BCUT2D eigenvalue weighted by atomic mass is 16.6. The number of aromatic nitrogens is 2. The van der Waals surface area contributed by atoms with Gasteiger partial charge in [-0.3, -0.25) is 0 Å². The van der Waals surface area contributed by atoms with Gasteiger partial charge in [0.1, 0.15) is 5.60 Å². The average Bonchev–Trinajstić information content (AvgIpc) is 2.46. The van der Waals surface area contributed by atoms with E-state index in [4.69, 9.17) is 9.84 Å². The van der Waals surface area contributed by atoms with E-state index in [9.17, 15) is 9.59 Å². The Morgan fingerprint density at radius 3 is 2.41 bits per heavy atom. The van der Waals surface area contributed by atoms with Crippen LogP contribution in [0.1, 0.15) is 31.3 Å². The molecule has 0 spiro atoms. The fourth-order valence-corrected chi connectivity index (χ4v) is 2.11. The molecule has 0 unspecified atom stereocenters. The molecule has 1 N–H and O–H groups in total. The van der Waals surface area contributed by atoms with E-state index in [1.165, 1.54) is 12.3 Å². The second kappa shape index (κ2) is 6.17. The number of hydrogen-bond donors (Lipinski definition) is 1. The summed E-state index contributed by atoms with van der Waals surface area (Å²) in [5, 5.41) is 16.2. The van der Waals surface area contributed by atoms with Gasteiger partial charge in [0.2, 0.25) is 0 Å². The van der Waals surface area contributed by atoms with Crippen LogP contribution < -0.4 is 4.90 Å². The Bertz CT molecular complexity index is 562. The summed E-state index contributed by atoms with van der Waals surface area (Å²) in [6.45, 7) is 7.69. The zero-order valence-corrected chi connectivity index (χ0v) is 12.9. The predicted molar refractivity (Wildman–Crippen MR) is 79.0 cm³/mol. The first-order valence-electron chi connectivity index (χ1n) is 7.05. The van der Waals surface area contributed by atoms with Crippen LogP contribution in [0.2, 0.25) is 0 Å². The first-order chi connectivity index (χ1) is 10.3. The van der Waals surface area contributed by atoms with Crippen LogP contribution in [0.25, 0.3) is 0 Å². The van der Waals surface area contributed by atoms with Crippen LogP contribution in [-0.4, -0.2) is 64.0 Å². The molecule has 0 saturated carbocycles. The monoisotopic (exact) mass is 308 g/mol. The first kappa shape index (κ1) is 16.0. The normalized spacial score (nSPS) is 15.6. The Hall–Kier alpha value is -2.38. The summed E-state index contributed by atoms with van der Waals surface area (Å²) >= 11 is 0. The molecule has 8 nitrogen and oxygen atoms in total. The molecular formula is C14H20N4O4. The SMILES string of the molecule is CC(C)(C)OC(=O)N1CCN(c2cnnc(C(=O)O)c2)CC1. The summed E-state index contributed by atoms with van der Waals surface area (Å²) in [5.74, 6) is -1.11. The Kier molecular flexibility index (Phi) is 4.48. The Morgan fingerprint density at radius 1 is 1.23 bits per heavy atom. The lowest BCUT2D eigenvalue weighted by atomic mass is 10.2. The molecule has 0 bridgehead atoms. The molecule has 1 aromatic heterocycles. The van der Waals surface area contributed by atoms with Crippen molar-refractivity contribution in [2.24, 2.45) is 0 Å². The zero-order chi connectivity index (χ0) is 16.3. The molecule has 1 aromatic rings. The third-order valence-electron chi connectivity index (χ3n) is 3.16. The molecule has 1 fully saturated rings. The minimum Gasteiger partial charge on any atom is -0.476 e. The Morgan fingerprint density at radius 2 is 1.86 bits per heavy atom. The number of ether oxygens (including phenoxy) is 1. The van der Waals surface area contributed by atoms with Crippen molar-refractivity contribution in [3.63, 3.8) is 0 Å². The number of nitrogens with zero attached hydrogens (tertiary/aromatic N) is 4. The number of carbonyl (C=O) groups excluding carboxylic acids is 1.